The highest BCUT2D eigenvalue weighted by atomic mass is 19.2. The van der Waals surface area contributed by atoms with Gasteiger partial charge in [0.1, 0.15) is 0 Å². The second kappa shape index (κ2) is 1.43. The van der Waals surface area contributed by atoms with Crippen molar-refractivity contribution in [3.05, 3.63) is 22.6 Å². The van der Waals surface area contributed by atoms with Crippen LogP contribution in [0.2, 0.25) is 0 Å². The van der Waals surface area contributed by atoms with Crippen LogP contribution in [-0.4, -0.2) is 0 Å². The lowest BCUT2D eigenvalue weighted by Crippen LogP contribution is -1.85. The first-order valence-electron chi connectivity index (χ1n) is 1.65. The average molecular weight is 122 g/mol. The lowest BCUT2D eigenvalue weighted by molar-refractivity contribution is 0.312. The lowest BCUT2D eigenvalue weighted by atomic mass is 10.9. The van der Waals surface area contributed by atoms with Crippen LogP contribution in [0.3, 0.4) is 0 Å². The summed E-state index contributed by atoms with van der Waals surface area (Å²) in [5.41, 5.74) is 0. The predicted molar refractivity (Wildman–Crippen MR) is 17.2 cm³/mol. The van der Waals surface area contributed by atoms with E-state index in [1.165, 1.54) is 0 Å². The van der Waals surface area contributed by atoms with Gasteiger partial charge in [-0.15, -0.1) is 0 Å². The molecule has 0 unspecified atom stereocenters. The number of hydrogen-bond donors (Lipinski definition) is 0. The van der Waals surface area contributed by atoms with Gasteiger partial charge in [-0.3, -0.25) is 0 Å². The first kappa shape index (κ1) is 5.02. The highest BCUT2D eigenvalue weighted by Gasteiger charge is 2.08. The van der Waals surface area contributed by atoms with Crippen molar-refractivity contribution in [1.82, 2.24) is 0 Å². The Hall–Kier alpha value is -1.13. The van der Waals surface area contributed by atoms with Gasteiger partial charge in [0, 0.05) is 0 Å². The molecule has 0 atom stereocenters. The zero-order chi connectivity index (χ0) is 6.15. The summed E-state index contributed by atoms with van der Waals surface area (Å²) in [6.45, 7) is 0. The zero-order valence-corrected chi connectivity index (χ0v) is 3.48. The van der Waals surface area contributed by atoms with Crippen LogP contribution in [0.15, 0.2) is 13.6 Å². The van der Waals surface area contributed by atoms with Crippen molar-refractivity contribution >= 4 is 0 Å². The van der Waals surface area contributed by atoms with Crippen molar-refractivity contribution in [3.63, 3.8) is 0 Å². The van der Waals surface area contributed by atoms with Crippen LogP contribution < -0.4 is 5.82 Å². The fraction of sp³-hybridized carbons (Fsp3) is 0. The molecular weight excluding hydrogens is 122 g/mol. The van der Waals surface area contributed by atoms with Crippen molar-refractivity contribution < 1.29 is 17.6 Å². The highest BCUT2D eigenvalue weighted by Crippen LogP contribution is 1.98. The molecule has 0 aromatic carbocycles. The normalized spacial score (nSPS) is 9.75. The molecule has 3 nitrogen and oxygen atoms in total. The van der Waals surface area contributed by atoms with Crippen molar-refractivity contribution in [3.8, 4) is 0 Å². The molecule has 8 heavy (non-hydrogen) atoms. The van der Waals surface area contributed by atoms with Crippen molar-refractivity contribution in [2.45, 2.75) is 0 Å². The minimum atomic E-state index is -1.62. The Morgan fingerprint density at radius 3 is 1.62 bits per heavy atom. The zero-order valence-electron chi connectivity index (χ0n) is 3.48. The Bertz CT molecular complexity index is 212. The van der Waals surface area contributed by atoms with Gasteiger partial charge in [-0.05, 0) is 0 Å². The van der Waals surface area contributed by atoms with Crippen LogP contribution in [0, 0.1) is 12.0 Å². The van der Waals surface area contributed by atoms with Crippen LogP contribution in [0.4, 0.5) is 8.78 Å². The first-order valence-corrected chi connectivity index (χ1v) is 1.65. The van der Waals surface area contributed by atoms with Gasteiger partial charge in [0.2, 0.25) is 0 Å². The summed E-state index contributed by atoms with van der Waals surface area (Å²) < 4.78 is 29.9. The topological polar surface area (TPSA) is 43.4 Å². The minimum absolute atomic E-state index is 1.38. The molecule has 1 aromatic rings. The number of halogens is 2. The van der Waals surface area contributed by atoms with E-state index in [1.807, 2.05) is 0 Å². The monoisotopic (exact) mass is 122 g/mol. The molecule has 5 heteroatoms. The molecule has 0 radical (unpaired) electrons. The van der Waals surface area contributed by atoms with E-state index in [4.69, 9.17) is 0 Å². The summed E-state index contributed by atoms with van der Waals surface area (Å²) in [6, 6.07) is -3.23. The Morgan fingerprint density at radius 2 is 1.50 bits per heavy atom. The molecule has 0 aliphatic carbocycles. The molecule has 0 fully saturated rings. The fourth-order valence-corrected chi connectivity index (χ4v) is 0.247. The van der Waals surface area contributed by atoms with Crippen LogP contribution in [0.25, 0.3) is 0 Å². The minimum Gasteiger partial charge on any atom is -0.361 e. The Morgan fingerprint density at radius 1 is 1.12 bits per heavy atom. The summed E-state index contributed by atoms with van der Waals surface area (Å²) in [5, 5.41) is 0. The molecule has 0 amide bonds. The van der Waals surface area contributed by atoms with Crippen LogP contribution in [0.1, 0.15) is 0 Å². The van der Waals surface area contributed by atoms with E-state index in [9.17, 15) is 13.6 Å². The molecule has 1 aromatic heterocycles. The SMILES string of the molecule is O=c1oc(F)c(F)o1. The van der Waals surface area contributed by atoms with E-state index in [-0.39, 0.29) is 0 Å². The van der Waals surface area contributed by atoms with Crippen molar-refractivity contribution in [2.75, 3.05) is 0 Å². The summed E-state index contributed by atoms with van der Waals surface area (Å²) in [6.07, 6.45) is 0. The molecule has 0 N–H and O–H groups in total. The van der Waals surface area contributed by atoms with Gasteiger partial charge in [-0.25, -0.2) is 4.79 Å². The van der Waals surface area contributed by atoms with Gasteiger partial charge in [0.15, 0.2) is 0 Å². The van der Waals surface area contributed by atoms with Gasteiger partial charge >= 0.3 is 17.9 Å². The van der Waals surface area contributed by atoms with E-state index in [1.54, 1.807) is 0 Å². The summed E-state index contributed by atoms with van der Waals surface area (Å²) in [7, 11) is 0. The Kier molecular flexibility index (Phi) is 0.896. The summed E-state index contributed by atoms with van der Waals surface area (Å²) >= 11 is 0. The molecular formula is C3F2O3. The fourth-order valence-electron chi connectivity index (χ4n) is 0.247. The smallest absolute Gasteiger partial charge is 0.361 e. The summed E-state index contributed by atoms with van der Waals surface area (Å²) in [4.78, 5) is 9.70. The summed E-state index contributed by atoms with van der Waals surface area (Å²) in [5.74, 6) is -1.38. The van der Waals surface area contributed by atoms with Crippen LogP contribution in [0.5, 0.6) is 0 Å². The maximum Gasteiger partial charge on any atom is 0.523 e. The standard InChI is InChI=1S/C3F2O3/c4-1-2(5)8-3(6)7-1. The van der Waals surface area contributed by atoms with Gasteiger partial charge in [-0.2, -0.15) is 8.78 Å². The number of rotatable bonds is 0. The predicted octanol–water partition coefficient (Wildman–Crippen LogP) is 0.511. The van der Waals surface area contributed by atoms with Crippen molar-refractivity contribution in [1.29, 1.82) is 0 Å². The lowest BCUT2D eigenvalue weighted by Gasteiger charge is -1.65. The van der Waals surface area contributed by atoms with Gasteiger partial charge in [0.25, 0.3) is 0 Å². The molecule has 0 bridgehead atoms. The van der Waals surface area contributed by atoms with Crippen LogP contribution >= 0.6 is 0 Å². The second-order valence-corrected chi connectivity index (χ2v) is 1.00. The second-order valence-electron chi connectivity index (χ2n) is 1.00. The van der Waals surface area contributed by atoms with E-state index >= 15 is 0 Å². The Balaban J connectivity index is 3.35. The maximum atomic E-state index is 11.5. The molecule has 1 heterocycles. The van der Waals surface area contributed by atoms with E-state index < -0.39 is 17.9 Å². The molecule has 0 spiro atoms. The van der Waals surface area contributed by atoms with Gasteiger partial charge in [0.05, 0.1) is 0 Å². The molecule has 0 saturated carbocycles. The maximum absolute atomic E-state index is 11.5. The molecule has 44 valence electrons. The third kappa shape index (κ3) is 0.617. The molecule has 0 saturated heterocycles. The van der Waals surface area contributed by atoms with Gasteiger partial charge < -0.3 is 8.83 Å². The molecule has 0 aliphatic heterocycles. The van der Waals surface area contributed by atoms with Gasteiger partial charge in [-0.1, -0.05) is 0 Å². The highest BCUT2D eigenvalue weighted by molar-refractivity contribution is 4.64. The van der Waals surface area contributed by atoms with E-state index in [2.05, 4.69) is 8.83 Å². The Labute approximate surface area is 41.5 Å². The third-order valence-corrected chi connectivity index (χ3v) is 0.500. The first-order chi connectivity index (χ1) is 3.70. The quantitative estimate of drug-likeness (QED) is 0.503. The third-order valence-electron chi connectivity index (χ3n) is 0.500. The number of hydrogen-bond acceptors (Lipinski definition) is 3. The largest absolute Gasteiger partial charge is 0.523 e. The van der Waals surface area contributed by atoms with E-state index in [0.29, 0.717) is 0 Å². The molecule has 1 rings (SSSR count). The molecule has 0 aliphatic rings. The average Bonchev–Trinajstić information content (AvgIpc) is 1.85. The van der Waals surface area contributed by atoms with Crippen molar-refractivity contribution in [2.24, 2.45) is 0 Å². The van der Waals surface area contributed by atoms with E-state index in [0.717, 1.165) is 0 Å². The van der Waals surface area contributed by atoms with Crippen LogP contribution in [-0.2, 0) is 0 Å².